The maximum atomic E-state index is 11.3. The number of halogens is 1. The van der Waals surface area contributed by atoms with Crippen molar-refractivity contribution >= 4 is 23.2 Å². The van der Waals surface area contributed by atoms with Gasteiger partial charge in [-0.15, -0.1) is 11.6 Å². The zero-order valence-electron chi connectivity index (χ0n) is 9.55. The van der Waals surface area contributed by atoms with E-state index in [9.17, 15) is 4.79 Å². The molecule has 0 unspecified atom stereocenters. The normalized spacial score (nSPS) is 9.94. The van der Waals surface area contributed by atoms with Gasteiger partial charge >= 0.3 is 0 Å². The van der Waals surface area contributed by atoms with Gasteiger partial charge in [0.1, 0.15) is 11.6 Å². The molecule has 16 heavy (non-hydrogen) atoms. The summed E-state index contributed by atoms with van der Waals surface area (Å²) in [6.45, 7) is 2.09. The van der Waals surface area contributed by atoms with E-state index >= 15 is 0 Å². The summed E-state index contributed by atoms with van der Waals surface area (Å²) in [5, 5.41) is 2.77. The molecule has 0 fully saturated rings. The molecule has 0 atom stereocenters. The number of methoxy groups -OCH3 is 1. The molecule has 3 nitrogen and oxygen atoms in total. The first-order chi connectivity index (χ1) is 7.71. The summed E-state index contributed by atoms with van der Waals surface area (Å²) in [7, 11) is 1.60. The lowest BCUT2D eigenvalue weighted by Crippen LogP contribution is -2.14. The number of rotatable bonds is 5. The minimum absolute atomic E-state index is 0.0389. The van der Waals surface area contributed by atoms with Crippen LogP contribution >= 0.6 is 11.6 Å². The number of hydrogen-bond donors (Lipinski definition) is 1. The van der Waals surface area contributed by atoms with Gasteiger partial charge < -0.3 is 10.1 Å². The lowest BCUT2D eigenvalue weighted by molar-refractivity contribution is -0.113. The molecule has 0 saturated carbocycles. The molecule has 88 valence electrons. The van der Waals surface area contributed by atoms with Crippen LogP contribution < -0.4 is 10.1 Å². The average molecular weight is 242 g/mol. The maximum absolute atomic E-state index is 11.3. The summed E-state index contributed by atoms with van der Waals surface area (Å²) >= 11 is 5.46. The monoisotopic (exact) mass is 241 g/mol. The van der Waals surface area contributed by atoms with Crippen LogP contribution in [0.4, 0.5) is 5.69 Å². The van der Waals surface area contributed by atoms with Gasteiger partial charge in [-0.2, -0.15) is 0 Å². The predicted molar refractivity (Wildman–Crippen MR) is 66.3 cm³/mol. The van der Waals surface area contributed by atoms with Crippen LogP contribution in [0.5, 0.6) is 5.75 Å². The first kappa shape index (κ1) is 12.8. The number of aryl methyl sites for hydroxylation is 1. The molecular formula is C12H16ClNO2. The van der Waals surface area contributed by atoms with Crippen LogP contribution in [0.15, 0.2) is 18.2 Å². The Morgan fingerprint density at radius 2 is 2.25 bits per heavy atom. The SMILES string of the molecule is CCCc1ccc(OC)cc1NC(=O)CCl. The van der Waals surface area contributed by atoms with E-state index in [4.69, 9.17) is 16.3 Å². The van der Waals surface area contributed by atoms with Gasteiger partial charge in [0.2, 0.25) is 5.91 Å². The summed E-state index contributed by atoms with van der Waals surface area (Å²) < 4.78 is 5.12. The molecule has 0 spiro atoms. The molecule has 0 aromatic heterocycles. The second-order valence-corrected chi connectivity index (χ2v) is 3.72. The van der Waals surface area contributed by atoms with Gasteiger partial charge in [-0.3, -0.25) is 4.79 Å². The zero-order chi connectivity index (χ0) is 12.0. The summed E-state index contributed by atoms with van der Waals surface area (Å²) in [6, 6.07) is 5.67. The van der Waals surface area contributed by atoms with Crippen molar-refractivity contribution in [1.29, 1.82) is 0 Å². The van der Waals surface area contributed by atoms with Crippen molar-refractivity contribution in [2.45, 2.75) is 19.8 Å². The van der Waals surface area contributed by atoms with Crippen LogP contribution in [0.25, 0.3) is 0 Å². The molecule has 0 aliphatic rings. The number of nitrogens with one attached hydrogen (secondary N) is 1. The number of hydrogen-bond acceptors (Lipinski definition) is 2. The van der Waals surface area contributed by atoms with Crippen LogP contribution in [-0.2, 0) is 11.2 Å². The van der Waals surface area contributed by atoms with Gasteiger partial charge in [0.25, 0.3) is 0 Å². The fraction of sp³-hybridized carbons (Fsp3) is 0.417. The Morgan fingerprint density at radius 3 is 2.81 bits per heavy atom. The zero-order valence-corrected chi connectivity index (χ0v) is 10.3. The Bertz CT molecular complexity index is 366. The van der Waals surface area contributed by atoms with Crippen molar-refractivity contribution in [1.82, 2.24) is 0 Å². The van der Waals surface area contributed by atoms with Crippen LogP contribution in [0.3, 0.4) is 0 Å². The largest absolute Gasteiger partial charge is 0.497 e. The van der Waals surface area contributed by atoms with Crippen LogP contribution in [0.1, 0.15) is 18.9 Å². The highest BCUT2D eigenvalue weighted by Gasteiger charge is 2.07. The third-order valence-electron chi connectivity index (χ3n) is 2.23. The second kappa shape index (κ2) is 6.38. The van der Waals surface area contributed by atoms with E-state index < -0.39 is 0 Å². The van der Waals surface area contributed by atoms with Crippen molar-refractivity contribution < 1.29 is 9.53 Å². The highest BCUT2D eigenvalue weighted by atomic mass is 35.5. The van der Waals surface area contributed by atoms with Gasteiger partial charge in [-0.05, 0) is 18.1 Å². The molecule has 0 saturated heterocycles. The fourth-order valence-corrected chi connectivity index (χ4v) is 1.54. The van der Waals surface area contributed by atoms with E-state index in [1.54, 1.807) is 7.11 Å². The number of carbonyl (C=O) groups excluding carboxylic acids is 1. The number of benzene rings is 1. The van der Waals surface area contributed by atoms with Crippen molar-refractivity contribution in [2.24, 2.45) is 0 Å². The summed E-state index contributed by atoms with van der Waals surface area (Å²) in [5.41, 5.74) is 1.88. The molecule has 1 aromatic rings. The fourth-order valence-electron chi connectivity index (χ4n) is 1.47. The van der Waals surface area contributed by atoms with Gasteiger partial charge in [0.15, 0.2) is 0 Å². The number of ether oxygens (including phenoxy) is 1. The van der Waals surface area contributed by atoms with E-state index in [1.807, 2.05) is 18.2 Å². The lowest BCUT2D eigenvalue weighted by atomic mass is 10.1. The summed E-state index contributed by atoms with van der Waals surface area (Å²) in [6.07, 6.45) is 1.94. The van der Waals surface area contributed by atoms with Crippen molar-refractivity contribution in [3.8, 4) is 5.75 Å². The molecule has 1 rings (SSSR count). The number of amides is 1. The van der Waals surface area contributed by atoms with Crippen LogP contribution in [0.2, 0.25) is 0 Å². The minimum atomic E-state index is -0.202. The quantitative estimate of drug-likeness (QED) is 0.805. The molecule has 0 radical (unpaired) electrons. The molecule has 1 N–H and O–H groups in total. The van der Waals surface area contributed by atoms with Crippen molar-refractivity contribution in [3.63, 3.8) is 0 Å². The van der Waals surface area contributed by atoms with E-state index in [0.717, 1.165) is 29.8 Å². The Hall–Kier alpha value is -1.22. The topological polar surface area (TPSA) is 38.3 Å². The first-order valence-corrected chi connectivity index (χ1v) is 5.77. The second-order valence-electron chi connectivity index (χ2n) is 3.45. The van der Waals surface area contributed by atoms with Crippen LogP contribution in [0, 0.1) is 0 Å². The van der Waals surface area contributed by atoms with Crippen molar-refractivity contribution in [3.05, 3.63) is 23.8 Å². The molecule has 0 heterocycles. The molecule has 1 aromatic carbocycles. The van der Waals surface area contributed by atoms with Gasteiger partial charge in [0.05, 0.1) is 7.11 Å². The van der Waals surface area contributed by atoms with Gasteiger partial charge in [-0.1, -0.05) is 19.4 Å². The molecule has 1 amide bonds. The standard InChI is InChI=1S/C12H16ClNO2/c1-3-4-9-5-6-10(16-2)7-11(9)14-12(15)8-13/h5-7H,3-4,8H2,1-2H3,(H,14,15). The Labute approximate surface area is 101 Å². The highest BCUT2D eigenvalue weighted by Crippen LogP contribution is 2.23. The summed E-state index contributed by atoms with van der Waals surface area (Å²) in [4.78, 5) is 11.3. The molecular weight excluding hydrogens is 226 g/mol. The smallest absolute Gasteiger partial charge is 0.239 e. The molecule has 0 bridgehead atoms. The Kier molecular flexibility index (Phi) is 5.12. The number of alkyl halides is 1. The first-order valence-electron chi connectivity index (χ1n) is 5.24. The lowest BCUT2D eigenvalue weighted by Gasteiger charge is -2.11. The highest BCUT2D eigenvalue weighted by molar-refractivity contribution is 6.29. The molecule has 4 heteroatoms. The number of anilines is 1. The predicted octanol–water partition coefficient (Wildman–Crippen LogP) is 2.83. The minimum Gasteiger partial charge on any atom is -0.497 e. The van der Waals surface area contributed by atoms with Crippen LogP contribution in [-0.4, -0.2) is 18.9 Å². The van der Waals surface area contributed by atoms with E-state index in [2.05, 4.69) is 12.2 Å². The van der Waals surface area contributed by atoms with E-state index in [-0.39, 0.29) is 11.8 Å². The third kappa shape index (κ3) is 3.42. The molecule has 0 aliphatic heterocycles. The Morgan fingerprint density at radius 1 is 1.50 bits per heavy atom. The van der Waals surface area contributed by atoms with Gasteiger partial charge in [-0.25, -0.2) is 0 Å². The maximum Gasteiger partial charge on any atom is 0.239 e. The number of carbonyl (C=O) groups is 1. The van der Waals surface area contributed by atoms with Gasteiger partial charge in [0, 0.05) is 11.8 Å². The average Bonchev–Trinajstić information content (AvgIpc) is 2.31. The van der Waals surface area contributed by atoms with Crippen molar-refractivity contribution in [2.75, 3.05) is 18.3 Å². The van der Waals surface area contributed by atoms with E-state index in [0.29, 0.717) is 0 Å². The molecule has 0 aliphatic carbocycles. The Balaban J connectivity index is 2.95. The van der Waals surface area contributed by atoms with E-state index in [1.165, 1.54) is 0 Å². The third-order valence-corrected chi connectivity index (χ3v) is 2.47. The summed E-state index contributed by atoms with van der Waals surface area (Å²) in [5.74, 6) is 0.486.